The molecule has 4 heteroatoms. The maximum atomic E-state index is 12.7. The van der Waals surface area contributed by atoms with Crippen molar-refractivity contribution in [2.45, 2.75) is 33.6 Å². The summed E-state index contributed by atoms with van der Waals surface area (Å²) >= 11 is 0. The number of rotatable bonds is 4. The summed E-state index contributed by atoms with van der Waals surface area (Å²) in [5.41, 5.74) is 1.08. The number of fused-ring (bicyclic) bond motifs is 1. The van der Waals surface area contributed by atoms with Crippen molar-refractivity contribution in [2.75, 3.05) is 18.0 Å². The number of para-hydroxylation sites is 1. The van der Waals surface area contributed by atoms with Gasteiger partial charge in [-0.2, -0.15) is 0 Å². The number of carbonyl (C=O) groups is 2. The minimum atomic E-state index is -1.04. The van der Waals surface area contributed by atoms with Crippen molar-refractivity contribution in [2.24, 2.45) is 5.41 Å². The fourth-order valence-corrected chi connectivity index (χ4v) is 2.44. The van der Waals surface area contributed by atoms with Crippen LogP contribution < -0.4 is 10.2 Å². The van der Waals surface area contributed by atoms with Crippen molar-refractivity contribution >= 4 is 17.5 Å². The normalized spacial score (nSPS) is 14.1. The molecule has 0 bridgehead atoms. The number of nitrogens with one attached hydrogen (secondary N) is 1. The van der Waals surface area contributed by atoms with E-state index in [0.29, 0.717) is 13.1 Å². The van der Waals surface area contributed by atoms with Crippen molar-refractivity contribution in [3.63, 3.8) is 0 Å². The van der Waals surface area contributed by atoms with Crippen LogP contribution in [0.2, 0.25) is 0 Å². The highest BCUT2D eigenvalue weighted by Gasteiger charge is 2.41. The number of carbonyl (C=O) groups excluding carboxylic acids is 2. The van der Waals surface area contributed by atoms with Crippen molar-refractivity contribution in [3.8, 4) is 0 Å². The van der Waals surface area contributed by atoms with E-state index in [9.17, 15) is 9.59 Å². The van der Waals surface area contributed by atoms with Gasteiger partial charge in [-0.25, -0.2) is 0 Å². The van der Waals surface area contributed by atoms with E-state index in [0.717, 1.165) is 18.5 Å². The first-order valence-corrected chi connectivity index (χ1v) is 7.16. The Kier molecular flexibility index (Phi) is 4.12. The Morgan fingerprint density at radius 3 is 2.70 bits per heavy atom. The number of hydrogen-bond donors (Lipinski definition) is 1. The van der Waals surface area contributed by atoms with Crippen LogP contribution in [0.25, 0.3) is 0 Å². The second kappa shape index (κ2) is 5.65. The Labute approximate surface area is 120 Å². The maximum absolute atomic E-state index is 12.7. The number of amides is 2. The van der Waals surface area contributed by atoms with Crippen LogP contribution in [-0.2, 0) is 16.0 Å². The zero-order valence-electron chi connectivity index (χ0n) is 12.4. The lowest BCUT2D eigenvalue weighted by molar-refractivity contribution is -0.139. The lowest BCUT2D eigenvalue weighted by Crippen LogP contribution is -2.49. The predicted molar refractivity (Wildman–Crippen MR) is 79.6 cm³/mol. The molecule has 0 aromatic heterocycles. The second-order valence-electron chi connectivity index (χ2n) is 5.72. The first-order valence-electron chi connectivity index (χ1n) is 7.16. The molecule has 1 aliphatic rings. The number of benzene rings is 1. The summed E-state index contributed by atoms with van der Waals surface area (Å²) in [5, 5.41) is 2.81. The topological polar surface area (TPSA) is 49.4 Å². The Hall–Kier alpha value is -1.84. The van der Waals surface area contributed by atoms with E-state index < -0.39 is 5.41 Å². The predicted octanol–water partition coefficient (Wildman–Crippen LogP) is 2.13. The summed E-state index contributed by atoms with van der Waals surface area (Å²) in [4.78, 5) is 26.6. The molecule has 1 aromatic carbocycles. The Morgan fingerprint density at radius 2 is 2.00 bits per heavy atom. The molecular formula is C16H22N2O2. The van der Waals surface area contributed by atoms with Crippen molar-refractivity contribution in [3.05, 3.63) is 29.8 Å². The second-order valence-corrected chi connectivity index (χ2v) is 5.72. The molecule has 1 N–H and O–H groups in total. The van der Waals surface area contributed by atoms with E-state index in [4.69, 9.17) is 0 Å². The molecule has 2 amide bonds. The third kappa shape index (κ3) is 2.55. The SMILES string of the molecule is CCCNC(=O)C(C)(C)C(=O)N1CCc2ccccc21. The van der Waals surface area contributed by atoms with Crippen LogP contribution in [0.3, 0.4) is 0 Å². The van der Waals surface area contributed by atoms with Gasteiger partial charge in [-0.3, -0.25) is 9.59 Å². The van der Waals surface area contributed by atoms with Gasteiger partial charge in [0, 0.05) is 18.8 Å². The van der Waals surface area contributed by atoms with Gasteiger partial charge in [0.05, 0.1) is 0 Å². The molecule has 1 aromatic rings. The van der Waals surface area contributed by atoms with Crippen molar-refractivity contribution in [1.29, 1.82) is 0 Å². The average Bonchev–Trinajstić information content (AvgIpc) is 2.87. The summed E-state index contributed by atoms with van der Waals surface area (Å²) in [6, 6.07) is 7.88. The van der Waals surface area contributed by atoms with Gasteiger partial charge in [0.25, 0.3) is 0 Å². The molecule has 1 heterocycles. The van der Waals surface area contributed by atoms with Gasteiger partial charge in [-0.15, -0.1) is 0 Å². The number of nitrogens with zero attached hydrogens (tertiary/aromatic N) is 1. The van der Waals surface area contributed by atoms with E-state index >= 15 is 0 Å². The van der Waals surface area contributed by atoms with Crippen LogP contribution in [0.4, 0.5) is 5.69 Å². The smallest absolute Gasteiger partial charge is 0.242 e. The van der Waals surface area contributed by atoms with Crippen LogP contribution >= 0.6 is 0 Å². The summed E-state index contributed by atoms with van der Waals surface area (Å²) in [7, 11) is 0. The van der Waals surface area contributed by atoms with Crippen LogP contribution in [0, 0.1) is 5.41 Å². The lowest BCUT2D eigenvalue weighted by atomic mass is 9.90. The summed E-state index contributed by atoms with van der Waals surface area (Å²) in [6.07, 6.45) is 1.72. The summed E-state index contributed by atoms with van der Waals surface area (Å²) in [6.45, 7) is 6.64. The van der Waals surface area contributed by atoms with Gasteiger partial charge >= 0.3 is 0 Å². The summed E-state index contributed by atoms with van der Waals surface area (Å²) < 4.78 is 0. The molecule has 1 aliphatic heterocycles. The minimum absolute atomic E-state index is 0.129. The molecule has 4 nitrogen and oxygen atoms in total. The molecule has 2 rings (SSSR count). The Morgan fingerprint density at radius 1 is 1.30 bits per heavy atom. The zero-order chi connectivity index (χ0) is 14.8. The first kappa shape index (κ1) is 14.6. The van der Waals surface area contributed by atoms with Gasteiger partial charge in [0.1, 0.15) is 5.41 Å². The average molecular weight is 274 g/mol. The van der Waals surface area contributed by atoms with Crippen LogP contribution in [0.15, 0.2) is 24.3 Å². The molecular weight excluding hydrogens is 252 g/mol. The number of anilines is 1. The minimum Gasteiger partial charge on any atom is -0.355 e. The molecule has 0 unspecified atom stereocenters. The highest BCUT2D eigenvalue weighted by atomic mass is 16.2. The van der Waals surface area contributed by atoms with Gasteiger partial charge < -0.3 is 10.2 Å². The maximum Gasteiger partial charge on any atom is 0.242 e. The molecule has 0 fully saturated rings. The summed E-state index contributed by atoms with van der Waals surface area (Å²) in [5.74, 6) is -0.329. The number of hydrogen-bond acceptors (Lipinski definition) is 2. The standard InChI is InChI=1S/C16H22N2O2/c1-4-10-17-14(19)16(2,3)15(20)18-11-9-12-7-5-6-8-13(12)18/h5-8H,4,9-11H2,1-3H3,(H,17,19). The van der Waals surface area contributed by atoms with E-state index in [1.807, 2.05) is 31.2 Å². The van der Waals surface area contributed by atoms with Crippen LogP contribution in [-0.4, -0.2) is 24.9 Å². The van der Waals surface area contributed by atoms with Crippen LogP contribution in [0.1, 0.15) is 32.8 Å². The van der Waals surface area contributed by atoms with Gasteiger partial charge in [-0.1, -0.05) is 25.1 Å². The molecule has 0 spiro atoms. The van der Waals surface area contributed by atoms with E-state index in [1.165, 1.54) is 5.56 Å². The quantitative estimate of drug-likeness (QED) is 0.855. The third-order valence-corrected chi connectivity index (χ3v) is 3.77. The van der Waals surface area contributed by atoms with E-state index in [1.54, 1.807) is 18.7 Å². The highest BCUT2D eigenvalue weighted by Crippen LogP contribution is 2.31. The molecule has 108 valence electrons. The van der Waals surface area contributed by atoms with Crippen molar-refractivity contribution < 1.29 is 9.59 Å². The van der Waals surface area contributed by atoms with E-state index in [-0.39, 0.29) is 11.8 Å². The molecule has 20 heavy (non-hydrogen) atoms. The molecule has 0 radical (unpaired) electrons. The Balaban J connectivity index is 2.17. The lowest BCUT2D eigenvalue weighted by Gasteiger charge is -2.28. The fourth-order valence-electron chi connectivity index (χ4n) is 2.44. The molecule has 0 saturated carbocycles. The van der Waals surface area contributed by atoms with E-state index in [2.05, 4.69) is 5.32 Å². The fraction of sp³-hybridized carbons (Fsp3) is 0.500. The molecule has 0 aliphatic carbocycles. The monoisotopic (exact) mass is 274 g/mol. The van der Waals surface area contributed by atoms with Crippen LogP contribution in [0.5, 0.6) is 0 Å². The van der Waals surface area contributed by atoms with Gasteiger partial charge in [-0.05, 0) is 38.3 Å². The zero-order valence-corrected chi connectivity index (χ0v) is 12.4. The third-order valence-electron chi connectivity index (χ3n) is 3.77. The van der Waals surface area contributed by atoms with Gasteiger partial charge in [0.2, 0.25) is 11.8 Å². The van der Waals surface area contributed by atoms with Gasteiger partial charge in [0.15, 0.2) is 0 Å². The molecule has 0 saturated heterocycles. The molecule has 0 atom stereocenters. The highest BCUT2D eigenvalue weighted by molar-refractivity contribution is 6.11. The Bertz CT molecular complexity index is 523. The largest absolute Gasteiger partial charge is 0.355 e. The first-order chi connectivity index (χ1) is 9.48. The van der Waals surface area contributed by atoms with Crippen molar-refractivity contribution in [1.82, 2.24) is 5.32 Å².